The Balaban J connectivity index is 2.42. The summed E-state index contributed by atoms with van der Waals surface area (Å²) in [4.78, 5) is 0. The summed E-state index contributed by atoms with van der Waals surface area (Å²) in [6.45, 7) is 5.70. The Morgan fingerprint density at radius 2 is 2.18 bits per heavy atom. The second kappa shape index (κ2) is 5.10. The third-order valence-corrected chi connectivity index (χ3v) is 2.86. The summed E-state index contributed by atoms with van der Waals surface area (Å²) in [6, 6.07) is 6.28. The fourth-order valence-corrected chi connectivity index (χ4v) is 1.98. The van der Waals surface area contributed by atoms with Crippen LogP contribution in [-0.4, -0.2) is 15.0 Å². The van der Waals surface area contributed by atoms with Crippen LogP contribution in [0.1, 0.15) is 24.5 Å². The molecular formula is C13H18N4. The van der Waals surface area contributed by atoms with Crippen LogP contribution < -0.4 is 5.73 Å². The van der Waals surface area contributed by atoms with Gasteiger partial charge in [0, 0.05) is 18.7 Å². The molecular weight excluding hydrogens is 212 g/mol. The van der Waals surface area contributed by atoms with Gasteiger partial charge >= 0.3 is 0 Å². The molecule has 0 spiro atoms. The monoisotopic (exact) mass is 230 g/mol. The first-order valence-electron chi connectivity index (χ1n) is 5.94. The van der Waals surface area contributed by atoms with Crippen LogP contribution in [0.15, 0.2) is 24.4 Å². The quantitative estimate of drug-likeness (QED) is 0.875. The molecule has 0 radical (unpaired) electrons. The van der Waals surface area contributed by atoms with Gasteiger partial charge in [0.15, 0.2) is 0 Å². The topological polar surface area (TPSA) is 56.7 Å². The number of rotatable bonds is 4. The average molecular weight is 230 g/mol. The van der Waals surface area contributed by atoms with E-state index < -0.39 is 0 Å². The minimum absolute atomic E-state index is 0.577. The lowest BCUT2D eigenvalue weighted by Crippen LogP contribution is -2.03. The zero-order chi connectivity index (χ0) is 12.3. The van der Waals surface area contributed by atoms with Crippen molar-refractivity contribution in [2.45, 2.75) is 33.4 Å². The number of hydrogen-bond acceptors (Lipinski definition) is 3. The van der Waals surface area contributed by atoms with Gasteiger partial charge in [-0.2, -0.15) is 0 Å². The fraction of sp³-hybridized carbons (Fsp3) is 0.385. The average Bonchev–Trinajstić information content (AvgIpc) is 2.77. The molecule has 0 amide bonds. The van der Waals surface area contributed by atoms with E-state index in [1.54, 1.807) is 0 Å². The van der Waals surface area contributed by atoms with Crippen LogP contribution >= 0.6 is 0 Å². The molecule has 0 aliphatic heterocycles. The molecule has 0 aliphatic carbocycles. The van der Waals surface area contributed by atoms with Gasteiger partial charge < -0.3 is 5.73 Å². The molecule has 1 aromatic carbocycles. The van der Waals surface area contributed by atoms with Crippen molar-refractivity contribution in [2.24, 2.45) is 5.73 Å². The predicted molar refractivity (Wildman–Crippen MR) is 68.4 cm³/mol. The van der Waals surface area contributed by atoms with Crippen molar-refractivity contribution in [2.75, 3.05) is 0 Å². The van der Waals surface area contributed by atoms with Crippen LogP contribution in [0.2, 0.25) is 0 Å². The van der Waals surface area contributed by atoms with E-state index in [4.69, 9.17) is 5.73 Å². The standard InChI is InChI=1S/C13H18N4/c1-3-6-17-13(9-15-16-17)12-5-4-11(8-14)7-10(12)2/h4-5,7,9H,3,6,8,14H2,1-2H3. The second-order valence-corrected chi connectivity index (χ2v) is 4.20. The van der Waals surface area contributed by atoms with Gasteiger partial charge in [-0.25, -0.2) is 4.68 Å². The Bertz CT molecular complexity index is 502. The SMILES string of the molecule is CCCn1nncc1-c1ccc(CN)cc1C. The fourth-order valence-electron chi connectivity index (χ4n) is 1.98. The van der Waals surface area contributed by atoms with Crippen LogP contribution in [0.3, 0.4) is 0 Å². The summed E-state index contributed by atoms with van der Waals surface area (Å²) >= 11 is 0. The van der Waals surface area contributed by atoms with Crippen LogP contribution in [0.5, 0.6) is 0 Å². The van der Waals surface area contributed by atoms with Gasteiger partial charge in [-0.15, -0.1) is 5.10 Å². The molecule has 17 heavy (non-hydrogen) atoms. The molecule has 0 saturated carbocycles. The van der Waals surface area contributed by atoms with E-state index in [0.717, 1.165) is 24.2 Å². The lowest BCUT2D eigenvalue weighted by atomic mass is 10.0. The second-order valence-electron chi connectivity index (χ2n) is 4.20. The number of aromatic nitrogens is 3. The Morgan fingerprint density at radius 1 is 1.35 bits per heavy atom. The van der Waals surface area contributed by atoms with Crippen molar-refractivity contribution < 1.29 is 0 Å². The molecule has 0 unspecified atom stereocenters. The number of hydrogen-bond donors (Lipinski definition) is 1. The van der Waals surface area contributed by atoms with Gasteiger partial charge in [0.25, 0.3) is 0 Å². The van der Waals surface area contributed by atoms with Crippen LogP contribution in [0.4, 0.5) is 0 Å². The zero-order valence-corrected chi connectivity index (χ0v) is 10.3. The molecule has 2 aromatic rings. The van der Waals surface area contributed by atoms with Gasteiger partial charge in [-0.1, -0.05) is 30.3 Å². The third kappa shape index (κ3) is 2.36. The molecule has 0 saturated heterocycles. The lowest BCUT2D eigenvalue weighted by Gasteiger charge is -2.09. The molecule has 2 N–H and O–H groups in total. The van der Waals surface area contributed by atoms with Crippen LogP contribution in [-0.2, 0) is 13.1 Å². The highest BCUT2D eigenvalue weighted by atomic mass is 15.4. The summed E-state index contributed by atoms with van der Waals surface area (Å²) in [5, 5.41) is 8.10. The number of nitrogens with zero attached hydrogens (tertiary/aromatic N) is 3. The summed E-state index contributed by atoms with van der Waals surface area (Å²) in [6.07, 6.45) is 2.87. The number of nitrogens with two attached hydrogens (primary N) is 1. The van der Waals surface area contributed by atoms with Gasteiger partial charge in [-0.05, 0) is 24.5 Å². The maximum absolute atomic E-state index is 5.64. The maximum Gasteiger partial charge on any atom is 0.0888 e. The predicted octanol–water partition coefficient (Wildman–Crippen LogP) is 2.12. The van der Waals surface area contributed by atoms with E-state index in [1.165, 1.54) is 11.1 Å². The Morgan fingerprint density at radius 3 is 2.82 bits per heavy atom. The molecule has 4 nitrogen and oxygen atoms in total. The largest absolute Gasteiger partial charge is 0.326 e. The highest BCUT2D eigenvalue weighted by Crippen LogP contribution is 2.23. The van der Waals surface area contributed by atoms with Gasteiger partial charge in [0.05, 0.1) is 11.9 Å². The smallest absolute Gasteiger partial charge is 0.0888 e. The lowest BCUT2D eigenvalue weighted by molar-refractivity contribution is 0.584. The summed E-state index contributed by atoms with van der Waals surface area (Å²) in [5.74, 6) is 0. The molecule has 90 valence electrons. The minimum Gasteiger partial charge on any atom is -0.326 e. The van der Waals surface area contributed by atoms with E-state index in [0.29, 0.717) is 6.54 Å². The van der Waals surface area contributed by atoms with Crippen molar-refractivity contribution in [3.63, 3.8) is 0 Å². The number of benzene rings is 1. The van der Waals surface area contributed by atoms with Gasteiger partial charge in [0.1, 0.15) is 0 Å². The Hall–Kier alpha value is -1.68. The van der Waals surface area contributed by atoms with Gasteiger partial charge in [0.2, 0.25) is 0 Å². The van der Waals surface area contributed by atoms with Crippen molar-refractivity contribution in [1.29, 1.82) is 0 Å². The Kier molecular flexibility index (Phi) is 3.54. The first-order chi connectivity index (χ1) is 8.26. The summed E-state index contributed by atoms with van der Waals surface area (Å²) in [5.41, 5.74) is 10.3. The molecule has 0 atom stereocenters. The van der Waals surface area contributed by atoms with Crippen molar-refractivity contribution >= 4 is 0 Å². The molecule has 0 aliphatic rings. The summed E-state index contributed by atoms with van der Waals surface area (Å²) < 4.78 is 1.95. The van der Waals surface area contributed by atoms with E-state index in [2.05, 4.69) is 42.4 Å². The Labute approximate surface area is 101 Å². The molecule has 4 heteroatoms. The first kappa shape index (κ1) is 11.8. The molecule has 2 rings (SSSR count). The van der Waals surface area contributed by atoms with E-state index in [9.17, 15) is 0 Å². The van der Waals surface area contributed by atoms with E-state index >= 15 is 0 Å². The third-order valence-electron chi connectivity index (χ3n) is 2.86. The van der Waals surface area contributed by atoms with E-state index in [-0.39, 0.29) is 0 Å². The van der Waals surface area contributed by atoms with E-state index in [1.807, 2.05) is 10.9 Å². The number of aryl methyl sites for hydroxylation is 2. The molecule has 1 heterocycles. The van der Waals surface area contributed by atoms with Crippen molar-refractivity contribution in [3.8, 4) is 11.3 Å². The van der Waals surface area contributed by atoms with Crippen LogP contribution in [0, 0.1) is 6.92 Å². The van der Waals surface area contributed by atoms with Crippen LogP contribution in [0.25, 0.3) is 11.3 Å². The summed E-state index contributed by atoms with van der Waals surface area (Å²) in [7, 11) is 0. The van der Waals surface area contributed by atoms with Gasteiger partial charge in [-0.3, -0.25) is 0 Å². The molecule has 0 fully saturated rings. The highest BCUT2D eigenvalue weighted by molar-refractivity contribution is 5.63. The van der Waals surface area contributed by atoms with Crippen molar-refractivity contribution in [1.82, 2.24) is 15.0 Å². The first-order valence-corrected chi connectivity index (χ1v) is 5.94. The van der Waals surface area contributed by atoms with Crippen molar-refractivity contribution in [3.05, 3.63) is 35.5 Å². The normalized spacial score (nSPS) is 10.8. The zero-order valence-electron chi connectivity index (χ0n) is 10.3. The molecule has 1 aromatic heterocycles. The highest BCUT2D eigenvalue weighted by Gasteiger charge is 2.08. The molecule has 0 bridgehead atoms. The minimum atomic E-state index is 0.577. The maximum atomic E-state index is 5.64.